The van der Waals surface area contributed by atoms with E-state index in [1.165, 1.54) is 32.4 Å². The van der Waals surface area contributed by atoms with E-state index in [-0.39, 0.29) is 11.8 Å². The maximum atomic E-state index is 11.6. The molecule has 2 N–H and O–H groups in total. The van der Waals surface area contributed by atoms with E-state index in [1.54, 1.807) is 0 Å². The smallest absolute Gasteiger partial charge is 0.225 e. The van der Waals surface area contributed by atoms with Gasteiger partial charge in [0.15, 0.2) is 0 Å². The fourth-order valence-corrected chi connectivity index (χ4v) is 2.65. The number of nitrogens with zero attached hydrogens (tertiary/aromatic N) is 1. The summed E-state index contributed by atoms with van der Waals surface area (Å²) in [6.07, 6.45) is 4.74. The summed E-state index contributed by atoms with van der Waals surface area (Å²) in [5, 5.41) is 0. The lowest BCUT2D eigenvalue weighted by Crippen LogP contribution is -2.33. The zero-order valence-corrected chi connectivity index (χ0v) is 10.8. The molecule has 98 valence electrons. The van der Waals surface area contributed by atoms with Crippen LogP contribution in [-0.2, 0) is 4.79 Å². The van der Waals surface area contributed by atoms with Crippen molar-refractivity contribution in [2.24, 2.45) is 5.73 Å². The van der Waals surface area contributed by atoms with Gasteiger partial charge in [-0.15, -0.1) is 0 Å². The highest BCUT2D eigenvalue weighted by atomic mass is 16.1. The first-order valence-electron chi connectivity index (χ1n) is 6.84. The molecule has 3 nitrogen and oxygen atoms in total. The molecule has 1 aliphatic heterocycles. The van der Waals surface area contributed by atoms with E-state index in [1.807, 2.05) is 30.3 Å². The molecule has 0 bridgehead atoms. The number of carbonyl (C=O) groups excluding carboxylic acids is 1. The Morgan fingerprint density at radius 3 is 2.44 bits per heavy atom. The molecule has 1 aromatic carbocycles. The van der Waals surface area contributed by atoms with Crippen molar-refractivity contribution in [2.45, 2.75) is 31.6 Å². The van der Waals surface area contributed by atoms with Crippen molar-refractivity contribution in [3.05, 3.63) is 35.9 Å². The lowest BCUT2D eigenvalue weighted by Gasteiger charge is -2.27. The molecule has 1 aromatic rings. The SMILES string of the molecule is NC(=O)[C@H](CCN1CCCCC1)c1ccccc1. The highest BCUT2D eigenvalue weighted by molar-refractivity contribution is 5.81. The van der Waals surface area contributed by atoms with Crippen molar-refractivity contribution < 1.29 is 4.79 Å². The van der Waals surface area contributed by atoms with E-state index in [0.717, 1.165) is 18.5 Å². The van der Waals surface area contributed by atoms with Gasteiger partial charge in [-0.2, -0.15) is 0 Å². The van der Waals surface area contributed by atoms with Gasteiger partial charge < -0.3 is 10.6 Å². The number of hydrogen-bond donors (Lipinski definition) is 1. The molecule has 2 rings (SSSR count). The molecule has 0 unspecified atom stereocenters. The minimum Gasteiger partial charge on any atom is -0.369 e. The molecule has 1 saturated heterocycles. The number of carbonyl (C=O) groups is 1. The van der Waals surface area contributed by atoms with Crippen molar-refractivity contribution in [1.82, 2.24) is 4.90 Å². The van der Waals surface area contributed by atoms with Crippen LogP contribution in [-0.4, -0.2) is 30.4 Å². The van der Waals surface area contributed by atoms with Crippen LogP contribution in [0.1, 0.15) is 37.2 Å². The van der Waals surface area contributed by atoms with Gasteiger partial charge in [0, 0.05) is 0 Å². The van der Waals surface area contributed by atoms with Gasteiger partial charge in [0.1, 0.15) is 0 Å². The van der Waals surface area contributed by atoms with Crippen molar-refractivity contribution >= 4 is 5.91 Å². The normalized spacial score (nSPS) is 18.4. The van der Waals surface area contributed by atoms with Crippen LogP contribution >= 0.6 is 0 Å². The maximum Gasteiger partial charge on any atom is 0.225 e. The van der Waals surface area contributed by atoms with Gasteiger partial charge in [-0.1, -0.05) is 36.8 Å². The van der Waals surface area contributed by atoms with Gasteiger partial charge >= 0.3 is 0 Å². The third-order valence-electron chi connectivity index (χ3n) is 3.73. The van der Waals surface area contributed by atoms with Gasteiger partial charge in [0.25, 0.3) is 0 Å². The van der Waals surface area contributed by atoms with Gasteiger partial charge in [-0.05, 0) is 44.5 Å². The topological polar surface area (TPSA) is 46.3 Å². The summed E-state index contributed by atoms with van der Waals surface area (Å²) in [4.78, 5) is 14.0. The quantitative estimate of drug-likeness (QED) is 0.865. The lowest BCUT2D eigenvalue weighted by atomic mass is 9.94. The Hall–Kier alpha value is -1.35. The van der Waals surface area contributed by atoms with Crippen LogP contribution in [0.3, 0.4) is 0 Å². The van der Waals surface area contributed by atoms with Gasteiger partial charge in [-0.25, -0.2) is 0 Å². The third-order valence-corrected chi connectivity index (χ3v) is 3.73. The predicted octanol–water partition coefficient (Wildman–Crippen LogP) is 2.13. The summed E-state index contributed by atoms with van der Waals surface area (Å²) >= 11 is 0. The number of nitrogens with two attached hydrogens (primary N) is 1. The summed E-state index contributed by atoms with van der Waals surface area (Å²) in [7, 11) is 0. The van der Waals surface area contributed by atoms with Crippen molar-refractivity contribution in [2.75, 3.05) is 19.6 Å². The highest BCUT2D eigenvalue weighted by Crippen LogP contribution is 2.20. The fourth-order valence-electron chi connectivity index (χ4n) is 2.65. The second kappa shape index (κ2) is 6.55. The molecule has 0 spiro atoms. The standard InChI is InChI=1S/C15H22N2O/c16-15(18)14(13-7-3-1-4-8-13)9-12-17-10-5-2-6-11-17/h1,3-4,7-8,14H,2,5-6,9-12H2,(H2,16,18)/t14-/m1/s1. The fraction of sp³-hybridized carbons (Fsp3) is 0.533. The highest BCUT2D eigenvalue weighted by Gasteiger charge is 2.19. The molecule has 1 amide bonds. The maximum absolute atomic E-state index is 11.6. The molecule has 1 atom stereocenters. The van der Waals surface area contributed by atoms with Crippen molar-refractivity contribution in [3.8, 4) is 0 Å². The van der Waals surface area contributed by atoms with Crippen LogP contribution in [0.15, 0.2) is 30.3 Å². The molecule has 0 aromatic heterocycles. The molecular formula is C15H22N2O. The summed E-state index contributed by atoms with van der Waals surface area (Å²) in [6, 6.07) is 9.88. The largest absolute Gasteiger partial charge is 0.369 e. The Morgan fingerprint density at radius 1 is 1.17 bits per heavy atom. The van der Waals surface area contributed by atoms with Crippen LogP contribution in [0, 0.1) is 0 Å². The second-order valence-corrected chi connectivity index (χ2v) is 5.06. The molecule has 1 aliphatic rings. The molecule has 1 heterocycles. The Kier molecular flexibility index (Phi) is 4.76. The van der Waals surface area contributed by atoms with E-state index in [0.29, 0.717) is 0 Å². The van der Waals surface area contributed by atoms with Crippen molar-refractivity contribution in [3.63, 3.8) is 0 Å². The zero-order chi connectivity index (χ0) is 12.8. The summed E-state index contributed by atoms with van der Waals surface area (Å²) in [6.45, 7) is 3.31. The number of primary amides is 1. The predicted molar refractivity (Wildman–Crippen MR) is 73.3 cm³/mol. The third kappa shape index (κ3) is 3.57. The van der Waals surface area contributed by atoms with Gasteiger partial charge in [0.05, 0.1) is 5.92 Å². The Morgan fingerprint density at radius 2 is 1.83 bits per heavy atom. The van der Waals surface area contributed by atoms with E-state index in [4.69, 9.17) is 5.73 Å². The second-order valence-electron chi connectivity index (χ2n) is 5.06. The first kappa shape index (κ1) is 13.1. The minimum absolute atomic E-state index is 0.145. The Balaban J connectivity index is 1.92. The van der Waals surface area contributed by atoms with E-state index in [2.05, 4.69) is 4.90 Å². The number of hydrogen-bond acceptors (Lipinski definition) is 2. The summed E-state index contributed by atoms with van der Waals surface area (Å²) in [5.41, 5.74) is 6.57. The summed E-state index contributed by atoms with van der Waals surface area (Å²) in [5.74, 6) is -0.355. The number of piperidine rings is 1. The zero-order valence-electron chi connectivity index (χ0n) is 10.8. The monoisotopic (exact) mass is 246 g/mol. The van der Waals surface area contributed by atoms with Crippen LogP contribution in [0.2, 0.25) is 0 Å². The molecule has 18 heavy (non-hydrogen) atoms. The van der Waals surface area contributed by atoms with E-state index >= 15 is 0 Å². The van der Waals surface area contributed by atoms with Crippen LogP contribution < -0.4 is 5.73 Å². The molecular weight excluding hydrogens is 224 g/mol. The summed E-state index contributed by atoms with van der Waals surface area (Å²) < 4.78 is 0. The van der Waals surface area contributed by atoms with E-state index in [9.17, 15) is 4.79 Å². The van der Waals surface area contributed by atoms with E-state index < -0.39 is 0 Å². The van der Waals surface area contributed by atoms with Crippen LogP contribution in [0.5, 0.6) is 0 Å². The molecule has 1 fully saturated rings. The van der Waals surface area contributed by atoms with Crippen LogP contribution in [0.4, 0.5) is 0 Å². The minimum atomic E-state index is -0.210. The van der Waals surface area contributed by atoms with Crippen molar-refractivity contribution in [1.29, 1.82) is 0 Å². The number of amides is 1. The average molecular weight is 246 g/mol. The average Bonchev–Trinajstić information content (AvgIpc) is 2.41. The first-order chi connectivity index (χ1) is 8.77. The van der Waals surface area contributed by atoms with Gasteiger partial charge in [0.2, 0.25) is 5.91 Å². The molecule has 0 aliphatic carbocycles. The van der Waals surface area contributed by atoms with Gasteiger partial charge in [-0.3, -0.25) is 4.79 Å². The number of benzene rings is 1. The lowest BCUT2D eigenvalue weighted by molar-refractivity contribution is -0.119. The Bertz CT molecular complexity index is 371. The molecule has 3 heteroatoms. The Labute approximate surface area is 109 Å². The molecule has 0 radical (unpaired) electrons. The number of likely N-dealkylation sites (tertiary alicyclic amines) is 1. The molecule has 0 saturated carbocycles. The number of rotatable bonds is 5. The first-order valence-corrected chi connectivity index (χ1v) is 6.84. The van der Waals surface area contributed by atoms with Crippen LogP contribution in [0.25, 0.3) is 0 Å².